The average molecular weight is 218 g/mol. The van der Waals surface area contributed by atoms with Crippen LogP contribution in [0.5, 0.6) is 0 Å². The fourth-order valence-corrected chi connectivity index (χ4v) is 3.29. The summed E-state index contributed by atoms with van der Waals surface area (Å²) in [5, 5.41) is 0. The highest BCUT2D eigenvalue weighted by Crippen LogP contribution is 2.47. The molecular weight excluding hydrogens is 198 g/mol. The van der Waals surface area contributed by atoms with Crippen LogP contribution in [0.1, 0.15) is 57.8 Å². The van der Waals surface area contributed by atoms with Gasteiger partial charge < -0.3 is 4.74 Å². The third kappa shape index (κ3) is 2.90. The topological polar surface area (TPSA) is 9.23 Å². The highest BCUT2D eigenvalue weighted by molar-refractivity contribution is 4.88. The molecule has 2 rings (SSSR count). The van der Waals surface area contributed by atoms with Crippen molar-refractivity contribution in [1.29, 1.82) is 0 Å². The van der Waals surface area contributed by atoms with Gasteiger partial charge in [-0.15, -0.1) is 0 Å². The maximum absolute atomic E-state index is 12.0. The standard InChI is InChI=1S/C12H20F2O/c13-11(14)15-10-4-8-12(9-5-10)6-2-1-3-7-12/h10-11H,1-9H2. The van der Waals surface area contributed by atoms with E-state index in [1.807, 2.05) is 0 Å². The predicted molar refractivity (Wildman–Crippen MR) is 54.9 cm³/mol. The van der Waals surface area contributed by atoms with Gasteiger partial charge in [0.05, 0.1) is 6.10 Å². The van der Waals surface area contributed by atoms with Crippen molar-refractivity contribution < 1.29 is 13.5 Å². The SMILES string of the molecule is FC(F)OC1CCC2(CCCCC2)CC1. The Labute approximate surface area is 90.2 Å². The van der Waals surface area contributed by atoms with Crippen molar-refractivity contribution in [2.24, 2.45) is 5.41 Å². The summed E-state index contributed by atoms with van der Waals surface area (Å²) < 4.78 is 28.7. The molecule has 0 atom stereocenters. The molecule has 0 aromatic carbocycles. The normalized spacial score (nSPS) is 27.4. The molecule has 2 saturated carbocycles. The summed E-state index contributed by atoms with van der Waals surface area (Å²) in [4.78, 5) is 0. The second-order valence-corrected chi connectivity index (χ2v) is 5.16. The molecule has 0 amide bonds. The molecule has 2 fully saturated rings. The lowest BCUT2D eigenvalue weighted by Crippen LogP contribution is -2.33. The molecule has 0 radical (unpaired) electrons. The van der Waals surface area contributed by atoms with E-state index in [2.05, 4.69) is 4.74 Å². The molecule has 0 heterocycles. The lowest BCUT2D eigenvalue weighted by molar-refractivity contribution is -0.176. The van der Waals surface area contributed by atoms with Crippen molar-refractivity contribution in [3.8, 4) is 0 Å². The zero-order valence-corrected chi connectivity index (χ0v) is 9.18. The predicted octanol–water partition coefficient (Wildman–Crippen LogP) is 4.12. The lowest BCUT2D eigenvalue weighted by Gasteiger charge is -2.42. The number of halogens is 2. The fourth-order valence-electron chi connectivity index (χ4n) is 3.29. The molecule has 0 N–H and O–H groups in total. The number of rotatable bonds is 2. The minimum Gasteiger partial charge on any atom is -0.320 e. The van der Waals surface area contributed by atoms with E-state index >= 15 is 0 Å². The third-order valence-corrected chi connectivity index (χ3v) is 4.20. The van der Waals surface area contributed by atoms with Gasteiger partial charge in [-0.05, 0) is 43.9 Å². The van der Waals surface area contributed by atoms with Crippen LogP contribution in [0.15, 0.2) is 0 Å². The van der Waals surface area contributed by atoms with Crippen molar-refractivity contribution >= 4 is 0 Å². The zero-order valence-electron chi connectivity index (χ0n) is 9.18. The van der Waals surface area contributed by atoms with E-state index in [-0.39, 0.29) is 6.10 Å². The Hall–Kier alpha value is -0.180. The summed E-state index contributed by atoms with van der Waals surface area (Å²) >= 11 is 0. The molecule has 0 aromatic rings. The maximum Gasteiger partial charge on any atom is 0.345 e. The zero-order chi connectivity index (χ0) is 10.7. The van der Waals surface area contributed by atoms with E-state index in [0.29, 0.717) is 5.41 Å². The van der Waals surface area contributed by atoms with Gasteiger partial charge in [-0.3, -0.25) is 0 Å². The molecular formula is C12H20F2O. The average Bonchev–Trinajstić information content (AvgIpc) is 2.23. The van der Waals surface area contributed by atoms with Gasteiger partial charge >= 0.3 is 6.61 Å². The minimum absolute atomic E-state index is 0.183. The Balaban J connectivity index is 1.80. The summed E-state index contributed by atoms with van der Waals surface area (Å²) in [6.07, 6.45) is 10.4. The fraction of sp³-hybridized carbons (Fsp3) is 1.00. The monoisotopic (exact) mass is 218 g/mol. The number of hydrogen-bond acceptors (Lipinski definition) is 1. The van der Waals surface area contributed by atoms with E-state index in [1.165, 1.54) is 32.1 Å². The molecule has 15 heavy (non-hydrogen) atoms. The summed E-state index contributed by atoms with van der Waals surface area (Å²) in [6.45, 7) is -2.59. The van der Waals surface area contributed by atoms with Crippen molar-refractivity contribution in [2.45, 2.75) is 70.5 Å². The second-order valence-electron chi connectivity index (χ2n) is 5.16. The van der Waals surface area contributed by atoms with Crippen LogP contribution in [-0.2, 0) is 4.74 Å². The Morgan fingerprint density at radius 3 is 2.07 bits per heavy atom. The highest BCUT2D eigenvalue weighted by atomic mass is 19.3. The molecule has 2 aliphatic carbocycles. The first-order chi connectivity index (χ1) is 7.20. The molecule has 88 valence electrons. The lowest BCUT2D eigenvalue weighted by atomic mass is 9.65. The van der Waals surface area contributed by atoms with Crippen molar-refractivity contribution in [1.82, 2.24) is 0 Å². The van der Waals surface area contributed by atoms with Gasteiger partial charge in [-0.2, -0.15) is 8.78 Å². The maximum atomic E-state index is 12.0. The molecule has 0 bridgehead atoms. The quantitative estimate of drug-likeness (QED) is 0.677. The Kier molecular flexibility index (Phi) is 3.60. The molecule has 0 unspecified atom stereocenters. The second kappa shape index (κ2) is 4.77. The number of hydrogen-bond donors (Lipinski definition) is 0. The van der Waals surface area contributed by atoms with Crippen LogP contribution in [0, 0.1) is 5.41 Å². The van der Waals surface area contributed by atoms with Gasteiger partial charge in [0, 0.05) is 0 Å². The first kappa shape index (κ1) is 11.3. The van der Waals surface area contributed by atoms with Crippen LogP contribution in [0.2, 0.25) is 0 Å². The van der Waals surface area contributed by atoms with Gasteiger partial charge in [0.15, 0.2) is 0 Å². The van der Waals surface area contributed by atoms with Gasteiger partial charge in [0.2, 0.25) is 0 Å². The molecule has 1 nitrogen and oxygen atoms in total. The minimum atomic E-state index is -2.59. The number of alkyl halides is 2. The van der Waals surface area contributed by atoms with Gasteiger partial charge in [0.1, 0.15) is 0 Å². The van der Waals surface area contributed by atoms with Crippen LogP contribution < -0.4 is 0 Å². The highest BCUT2D eigenvalue weighted by Gasteiger charge is 2.36. The Bertz CT molecular complexity index is 190. The molecule has 0 aliphatic heterocycles. The van der Waals surface area contributed by atoms with E-state index in [0.717, 1.165) is 25.7 Å². The molecule has 0 saturated heterocycles. The Morgan fingerprint density at radius 1 is 0.933 bits per heavy atom. The summed E-state index contributed by atoms with van der Waals surface area (Å²) in [5.74, 6) is 0. The van der Waals surface area contributed by atoms with Crippen molar-refractivity contribution in [3.63, 3.8) is 0 Å². The first-order valence-electron chi connectivity index (χ1n) is 6.14. The van der Waals surface area contributed by atoms with E-state index in [1.54, 1.807) is 0 Å². The molecule has 1 spiro atoms. The smallest absolute Gasteiger partial charge is 0.320 e. The van der Waals surface area contributed by atoms with Gasteiger partial charge in [-0.1, -0.05) is 19.3 Å². The number of ether oxygens (including phenoxy) is 1. The van der Waals surface area contributed by atoms with Gasteiger partial charge in [0.25, 0.3) is 0 Å². The van der Waals surface area contributed by atoms with E-state index < -0.39 is 6.61 Å². The molecule has 3 heteroatoms. The van der Waals surface area contributed by atoms with Gasteiger partial charge in [-0.25, -0.2) is 0 Å². The van der Waals surface area contributed by atoms with Crippen LogP contribution in [-0.4, -0.2) is 12.7 Å². The third-order valence-electron chi connectivity index (χ3n) is 4.20. The Morgan fingerprint density at radius 2 is 1.53 bits per heavy atom. The molecule has 0 aromatic heterocycles. The summed E-state index contributed by atoms with van der Waals surface area (Å²) in [7, 11) is 0. The first-order valence-corrected chi connectivity index (χ1v) is 6.14. The van der Waals surface area contributed by atoms with E-state index in [9.17, 15) is 8.78 Å². The van der Waals surface area contributed by atoms with Crippen molar-refractivity contribution in [3.05, 3.63) is 0 Å². The van der Waals surface area contributed by atoms with Crippen LogP contribution in [0.4, 0.5) is 8.78 Å². The van der Waals surface area contributed by atoms with E-state index in [4.69, 9.17) is 0 Å². The van der Waals surface area contributed by atoms with Crippen LogP contribution >= 0.6 is 0 Å². The largest absolute Gasteiger partial charge is 0.345 e. The summed E-state index contributed by atoms with van der Waals surface area (Å²) in [6, 6.07) is 0. The van der Waals surface area contributed by atoms with Crippen molar-refractivity contribution in [2.75, 3.05) is 0 Å². The van der Waals surface area contributed by atoms with Crippen LogP contribution in [0.25, 0.3) is 0 Å². The molecule has 2 aliphatic rings. The summed E-state index contributed by atoms with van der Waals surface area (Å²) in [5.41, 5.74) is 0.500. The van der Waals surface area contributed by atoms with Crippen LogP contribution in [0.3, 0.4) is 0 Å².